The van der Waals surface area contributed by atoms with E-state index in [1.165, 1.54) is 42.7 Å². The van der Waals surface area contributed by atoms with Crippen molar-refractivity contribution >= 4 is 28.1 Å². The van der Waals surface area contributed by atoms with Crippen molar-refractivity contribution in [2.24, 2.45) is 5.10 Å². The fraction of sp³-hybridized carbons (Fsp3) is 0.265. The van der Waals surface area contributed by atoms with Crippen LogP contribution in [0.25, 0.3) is 11.1 Å². The van der Waals surface area contributed by atoms with E-state index in [0.717, 1.165) is 49.7 Å². The molecule has 0 spiro atoms. The Bertz CT molecular complexity index is 1750. The van der Waals surface area contributed by atoms with Crippen molar-refractivity contribution in [1.29, 1.82) is 0 Å². The molecule has 10 nitrogen and oxygen atoms in total. The minimum Gasteiger partial charge on any atom is -0.507 e. The van der Waals surface area contributed by atoms with Gasteiger partial charge in [-0.25, -0.2) is 9.37 Å². The third kappa shape index (κ3) is 9.85. The molecule has 4 aromatic rings. The van der Waals surface area contributed by atoms with Crippen molar-refractivity contribution < 1.29 is 32.0 Å². The summed E-state index contributed by atoms with van der Waals surface area (Å²) in [6.07, 6.45) is 8.01. The van der Waals surface area contributed by atoms with E-state index < -0.39 is 10.1 Å². The summed E-state index contributed by atoms with van der Waals surface area (Å²) in [5.74, 6) is 0.538. The lowest BCUT2D eigenvalue weighted by Gasteiger charge is -2.14. The summed E-state index contributed by atoms with van der Waals surface area (Å²) in [6, 6.07) is 18.6. The van der Waals surface area contributed by atoms with Crippen molar-refractivity contribution in [2.75, 3.05) is 18.6 Å². The molecule has 4 rings (SSSR count). The van der Waals surface area contributed by atoms with Gasteiger partial charge in [0.05, 0.1) is 18.4 Å². The van der Waals surface area contributed by atoms with E-state index in [2.05, 4.69) is 20.8 Å². The second kappa shape index (κ2) is 16.5. The maximum atomic E-state index is 13.3. The Labute approximate surface area is 268 Å². The predicted octanol–water partition coefficient (Wildman–Crippen LogP) is 6.61. The lowest BCUT2D eigenvalue weighted by Crippen LogP contribution is -2.24. The zero-order chi connectivity index (χ0) is 32.9. The largest absolute Gasteiger partial charge is 0.507 e. The average Bonchev–Trinajstić information content (AvgIpc) is 3.04. The molecule has 0 saturated heterocycles. The zero-order valence-electron chi connectivity index (χ0n) is 25.4. The summed E-state index contributed by atoms with van der Waals surface area (Å²) in [5.41, 5.74) is 5.63. The van der Waals surface area contributed by atoms with Crippen LogP contribution in [-0.2, 0) is 16.5 Å². The highest BCUT2D eigenvalue weighted by Gasteiger charge is 2.14. The van der Waals surface area contributed by atoms with Crippen LogP contribution in [0.1, 0.15) is 60.5 Å². The normalized spacial score (nSPS) is 11.5. The van der Waals surface area contributed by atoms with Gasteiger partial charge in [0.1, 0.15) is 28.0 Å². The Kier molecular flexibility index (Phi) is 12.2. The molecule has 1 amide bonds. The molecule has 0 bridgehead atoms. The van der Waals surface area contributed by atoms with Crippen LogP contribution in [0.2, 0.25) is 0 Å². The van der Waals surface area contributed by atoms with E-state index in [1.54, 1.807) is 36.4 Å². The maximum absolute atomic E-state index is 13.3. The topological polar surface area (TPSA) is 150 Å². The number of rotatable bonds is 16. The molecule has 12 heteroatoms. The molecule has 4 N–H and O–H groups in total. The quantitative estimate of drug-likeness (QED) is 0.0459. The Morgan fingerprint density at radius 1 is 1.00 bits per heavy atom. The van der Waals surface area contributed by atoms with Crippen LogP contribution in [0.4, 0.5) is 10.2 Å². The Morgan fingerprint density at radius 2 is 1.74 bits per heavy atom. The van der Waals surface area contributed by atoms with Gasteiger partial charge < -0.3 is 15.2 Å². The third-order valence-electron chi connectivity index (χ3n) is 7.18. The van der Waals surface area contributed by atoms with Gasteiger partial charge in [-0.05, 0) is 66.8 Å². The molecular formula is C34H37FN4O6S. The number of carbonyl (C=O) groups is 1. The number of anilines is 1. The number of aromatic nitrogens is 1. The smallest absolute Gasteiger partial charge is 0.295 e. The van der Waals surface area contributed by atoms with Crippen LogP contribution in [0.15, 0.2) is 89.0 Å². The van der Waals surface area contributed by atoms with E-state index >= 15 is 0 Å². The first-order chi connectivity index (χ1) is 22.2. The fourth-order valence-electron chi connectivity index (χ4n) is 4.71. The number of phenols is 1. The number of aromatic hydroxyl groups is 1. The summed E-state index contributed by atoms with van der Waals surface area (Å²) < 4.78 is 51.5. The van der Waals surface area contributed by atoms with Gasteiger partial charge in [-0.1, -0.05) is 56.5 Å². The summed E-state index contributed by atoms with van der Waals surface area (Å²) >= 11 is 0. The number of hydrazone groups is 1. The SMILES string of the molecule is CCc1cc(-c2ccc(F)cc2)c(O)cc1OCCCCCCCNC(=O)c1ccc(N/N=C/c2ccccc2S(=O)(=O)O)nc1. The van der Waals surface area contributed by atoms with Crippen molar-refractivity contribution in [3.63, 3.8) is 0 Å². The summed E-state index contributed by atoms with van der Waals surface area (Å²) in [7, 11) is -4.38. The highest BCUT2D eigenvalue weighted by atomic mass is 32.2. The number of carbonyl (C=O) groups excluding carboxylic acids is 1. The molecule has 0 aliphatic rings. The first-order valence-corrected chi connectivity index (χ1v) is 16.4. The molecule has 1 heterocycles. The van der Waals surface area contributed by atoms with Gasteiger partial charge in [-0.3, -0.25) is 14.8 Å². The molecule has 0 saturated carbocycles. The Balaban J connectivity index is 1.11. The van der Waals surface area contributed by atoms with Crippen LogP contribution >= 0.6 is 0 Å². The van der Waals surface area contributed by atoms with Gasteiger partial charge in [0.15, 0.2) is 0 Å². The Hall–Kier alpha value is -4.81. The summed E-state index contributed by atoms with van der Waals surface area (Å²) in [6.45, 7) is 3.08. The number of ether oxygens (including phenoxy) is 1. The first-order valence-electron chi connectivity index (χ1n) is 15.0. The van der Waals surface area contributed by atoms with Gasteiger partial charge >= 0.3 is 0 Å². The zero-order valence-corrected chi connectivity index (χ0v) is 26.3. The number of aryl methyl sites for hydroxylation is 1. The summed E-state index contributed by atoms with van der Waals surface area (Å²) in [5, 5.41) is 17.4. The first kappa shape index (κ1) is 34.1. The molecular weight excluding hydrogens is 611 g/mol. The molecule has 0 fully saturated rings. The predicted molar refractivity (Wildman–Crippen MR) is 176 cm³/mol. The number of unbranched alkanes of at least 4 members (excludes halogenated alkanes) is 4. The lowest BCUT2D eigenvalue weighted by molar-refractivity contribution is 0.0952. The van der Waals surface area contributed by atoms with Crippen LogP contribution in [0, 0.1) is 5.82 Å². The number of phenolic OH excluding ortho intramolecular Hbond substituents is 1. The maximum Gasteiger partial charge on any atom is 0.295 e. The van der Waals surface area contributed by atoms with Gasteiger partial charge in [0, 0.05) is 29.9 Å². The number of benzene rings is 3. The van der Waals surface area contributed by atoms with E-state index in [1.807, 2.05) is 13.0 Å². The number of nitrogens with zero attached hydrogens (tertiary/aromatic N) is 2. The molecule has 0 radical (unpaired) electrons. The molecule has 3 aromatic carbocycles. The van der Waals surface area contributed by atoms with Crippen LogP contribution < -0.4 is 15.5 Å². The molecule has 0 atom stereocenters. The third-order valence-corrected chi connectivity index (χ3v) is 8.11. The molecule has 242 valence electrons. The van der Waals surface area contributed by atoms with Gasteiger partial charge in [0.25, 0.3) is 16.0 Å². The number of hydrogen-bond donors (Lipinski definition) is 4. The van der Waals surface area contributed by atoms with E-state index in [0.29, 0.717) is 35.8 Å². The van der Waals surface area contributed by atoms with Crippen molar-refractivity contribution in [2.45, 2.75) is 50.3 Å². The highest BCUT2D eigenvalue weighted by Crippen LogP contribution is 2.36. The number of hydrogen-bond acceptors (Lipinski definition) is 8. The minimum absolute atomic E-state index is 0.0939. The number of nitrogens with one attached hydrogen (secondary N) is 2. The van der Waals surface area contributed by atoms with Gasteiger partial charge in [0.2, 0.25) is 0 Å². The number of halogens is 1. The number of pyridine rings is 1. The van der Waals surface area contributed by atoms with Crippen molar-refractivity contribution in [1.82, 2.24) is 10.3 Å². The van der Waals surface area contributed by atoms with Crippen molar-refractivity contribution in [3.05, 3.63) is 102 Å². The standard InChI is InChI=1S/C34H37FN4O6S/c1-2-24-20-29(25-12-15-28(35)16-13-25)30(40)21-31(24)45-19-9-5-3-4-8-18-36-34(41)27-14-17-33(37-22-27)39-38-23-26-10-6-7-11-32(26)46(42,43)44/h6-7,10-17,20-23,40H,2-5,8-9,18-19H2,1H3,(H,36,41)(H,37,39)(H,42,43,44)/b38-23+. The second-order valence-electron chi connectivity index (χ2n) is 10.5. The van der Waals surface area contributed by atoms with E-state index in [9.17, 15) is 27.3 Å². The van der Waals surface area contributed by atoms with Crippen molar-refractivity contribution in [3.8, 4) is 22.6 Å². The lowest BCUT2D eigenvalue weighted by atomic mass is 10.00. The average molecular weight is 649 g/mol. The minimum atomic E-state index is -4.38. The van der Waals surface area contributed by atoms with Crippen LogP contribution in [0.5, 0.6) is 11.5 Å². The molecule has 0 aliphatic carbocycles. The highest BCUT2D eigenvalue weighted by molar-refractivity contribution is 7.86. The van der Waals surface area contributed by atoms with Crippen LogP contribution in [-0.4, -0.2) is 48.3 Å². The Morgan fingerprint density at radius 3 is 2.46 bits per heavy atom. The molecule has 1 aromatic heterocycles. The monoisotopic (exact) mass is 648 g/mol. The molecule has 0 aliphatic heterocycles. The fourth-order valence-corrected chi connectivity index (χ4v) is 5.38. The number of amides is 1. The molecule has 0 unspecified atom stereocenters. The summed E-state index contributed by atoms with van der Waals surface area (Å²) in [4.78, 5) is 16.4. The van der Waals surface area contributed by atoms with Gasteiger partial charge in [-0.2, -0.15) is 13.5 Å². The van der Waals surface area contributed by atoms with E-state index in [-0.39, 0.29) is 27.9 Å². The van der Waals surface area contributed by atoms with Crippen LogP contribution in [0.3, 0.4) is 0 Å². The van der Waals surface area contributed by atoms with Gasteiger partial charge in [-0.15, -0.1) is 0 Å². The molecule has 46 heavy (non-hydrogen) atoms. The van der Waals surface area contributed by atoms with E-state index in [4.69, 9.17) is 4.74 Å². The second-order valence-corrected chi connectivity index (χ2v) is 11.9.